The molecule has 0 saturated carbocycles. The van der Waals surface area contributed by atoms with Gasteiger partial charge in [-0.05, 0) is 45.8 Å². The maximum absolute atomic E-state index is 11.9. The zero-order valence-electron chi connectivity index (χ0n) is 10.2. The highest BCUT2D eigenvalue weighted by Crippen LogP contribution is 2.13. The van der Waals surface area contributed by atoms with E-state index in [-0.39, 0.29) is 11.9 Å². The minimum Gasteiger partial charge on any atom is -0.353 e. The molecule has 2 unspecified atom stereocenters. The second-order valence-corrected chi connectivity index (χ2v) is 5.02. The van der Waals surface area contributed by atoms with E-state index in [1.165, 1.54) is 32.2 Å². The summed E-state index contributed by atoms with van der Waals surface area (Å²) < 4.78 is 0. The van der Waals surface area contributed by atoms with Gasteiger partial charge in [-0.1, -0.05) is 6.42 Å². The van der Waals surface area contributed by atoms with Crippen LogP contribution in [0.1, 0.15) is 32.1 Å². The Hall–Kier alpha value is -0.610. The molecule has 2 N–H and O–H groups in total. The molecule has 0 aromatic rings. The summed E-state index contributed by atoms with van der Waals surface area (Å²) in [6.45, 7) is 2.97. The SMILES string of the molecule is CN1CCCC1CNC(=O)C1CCCCN1. The highest BCUT2D eigenvalue weighted by atomic mass is 16.2. The predicted octanol–water partition coefficient (Wildman–Crippen LogP) is 0.339. The fourth-order valence-corrected chi connectivity index (χ4v) is 2.65. The van der Waals surface area contributed by atoms with Crippen LogP contribution in [0.15, 0.2) is 0 Å². The van der Waals surface area contributed by atoms with Crippen LogP contribution >= 0.6 is 0 Å². The van der Waals surface area contributed by atoms with E-state index in [4.69, 9.17) is 0 Å². The molecule has 0 spiro atoms. The van der Waals surface area contributed by atoms with Crippen LogP contribution in [0.4, 0.5) is 0 Å². The van der Waals surface area contributed by atoms with Gasteiger partial charge >= 0.3 is 0 Å². The molecule has 0 aliphatic carbocycles. The Bertz CT molecular complexity index is 238. The summed E-state index contributed by atoms with van der Waals surface area (Å²) in [7, 11) is 2.14. The topological polar surface area (TPSA) is 44.4 Å². The first-order valence-electron chi connectivity index (χ1n) is 6.48. The van der Waals surface area contributed by atoms with Crippen LogP contribution in [-0.2, 0) is 4.79 Å². The average molecular weight is 225 g/mol. The Morgan fingerprint density at radius 2 is 2.25 bits per heavy atom. The van der Waals surface area contributed by atoms with E-state index >= 15 is 0 Å². The second kappa shape index (κ2) is 5.64. The number of likely N-dealkylation sites (N-methyl/N-ethyl adjacent to an activating group) is 1. The van der Waals surface area contributed by atoms with Crippen molar-refractivity contribution >= 4 is 5.91 Å². The van der Waals surface area contributed by atoms with Crippen LogP contribution < -0.4 is 10.6 Å². The lowest BCUT2D eigenvalue weighted by Crippen LogP contribution is -2.49. The monoisotopic (exact) mass is 225 g/mol. The first-order chi connectivity index (χ1) is 7.77. The molecule has 92 valence electrons. The third-order valence-electron chi connectivity index (χ3n) is 3.81. The number of carbonyl (C=O) groups is 1. The van der Waals surface area contributed by atoms with Crippen molar-refractivity contribution in [2.24, 2.45) is 0 Å². The van der Waals surface area contributed by atoms with Gasteiger partial charge in [-0.3, -0.25) is 4.79 Å². The quantitative estimate of drug-likeness (QED) is 0.728. The van der Waals surface area contributed by atoms with Crippen LogP contribution in [0.5, 0.6) is 0 Å². The molecule has 0 aromatic carbocycles. The van der Waals surface area contributed by atoms with Crippen molar-refractivity contribution in [3.8, 4) is 0 Å². The van der Waals surface area contributed by atoms with E-state index in [1.807, 2.05) is 0 Å². The van der Waals surface area contributed by atoms with E-state index < -0.39 is 0 Å². The van der Waals surface area contributed by atoms with Gasteiger partial charge in [-0.15, -0.1) is 0 Å². The Kier molecular flexibility index (Phi) is 4.18. The van der Waals surface area contributed by atoms with Crippen molar-refractivity contribution in [3.05, 3.63) is 0 Å². The molecule has 2 aliphatic rings. The molecule has 2 atom stereocenters. The van der Waals surface area contributed by atoms with Crippen molar-refractivity contribution in [2.75, 3.05) is 26.7 Å². The number of amides is 1. The smallest absolute Gasteiger partial charge is 0.237 e. The number of carbonyl (C=O) groups excluding carboxylic acids is 1. The largest absolute Gasteiger partial charge is 0.353 e. The number of likely N-dealkylation sites (tertiary alicyclic amines) is 1. The Balaban J connectivity index is 1.70. The third kappa shape index (κ3) is 2.95. The predicted molar refractivity (Wildman–Crippen MR) is 64.3 cm³/mol. The maximum atomic E-state index is 11.9. The molecule has 4 nitrogen and oxygen atoms in total. The van der Waals surface area contributed by atoms with E-state index in [0.717, 1.165) is 19.5 Å². The summed E-state index contributed by atoms with van der Waals surface area (Å²) >= 11 is 0. The Labute approximate surface area is 97.8 Å². The highest BCUT2D eigenvalue weighted by molar-refractivity contribution is 5.81. The van der Waals surface area contributed by atoms with Crippen molar-refractivity contribution in [1.82, 2.24) is 15.5 Å². The summed E-state index contributed by atoms with van der Waals surface area (Å²) in [5.74, 6) is 0.194. The van der Waals surface area contributed by atoms with Crippen LogP contribution in [0, 0.1) is 0 Å². The molecule has 0 aromatic heterocycles. The molecule has 0 bridgehead atoms. The van der Waals surface area contributed by atoms with Gasteiger partial charge in [0.05, 0.1) is 6.04 Å². The van der Waals surface area contributed by atoms with E-state index in [2.05, 4.69) is 22.6 Å². The van der Waals surface area contributed by atoms with Crippen molar-refractivity contribution in [1.29, 1.82) is 0 Å². The van der Waals surface area contributed by atoms with Crippen LogP contribution in [-0.4, -0.2) is 49.6 Å². The van der Waals surface area contributed by atoms with Crippen LogP contribution in [0.3, 0.4) is 0 Å². The van der Waals surface area contributed by atoms with Gasteiger partial charge in [0, 0.05) is 12.6 Å². The molecule has 4 heteroatoms. The summed E-state index contributed by atoms with van der Waals surface area (Å²) in [5.41, 5.74) is 0. The standard InChI is InChI=1S/C12H23N3O/c1-15-8-4-5-10(15)9-14-12(16)11-6-2-3-7-13-11/h10-11,13H,2-9H2,1H3,(H,14,16). The van der Waals surface area contributed by atoms with Gasteiger partial charge in [0.2, 0.25) is 5.91 Å². The molecule has 2 rings (SSSR count). The first-order valence-corrected chi connectivity index (χ1v) is 6.48. The van der Waals surface area contributed by atoms with E-state index in [9.17, 15) is 4.79 Å². The fraction of sp³-hybridized carbons (Fsp3) is 0.917. The van der Waals surface area contributed by atoms with E-state index in [0.29, 0.717) is 6.04 Å². The van der Waals surface area contributed by atoms with Crippen LogP contribution in [0.25, 0.3) is 0 Å². The van der Waals surface area contributed by atoms with Gasteiger partial charge in [0.15, 0.2) is 0 Å². The maximum Gasteiger partial charge on any atom is 0.237 e. The summed E-state index contributed by atoms with van der Waals surface area (Å²) in [6.07, 6.45) is 5.85. The lowest BCUT2D eigenvalue weighted by molar-refractivity contribution is -0.123. The Morgan fingerprint density at radius 3 is 2.88 bits per heavy atom. The number of nitrogens with zero attached hydrogens (tertiary/aromatic N) is 1. The zero-order valence-corrected chi connectivity index (χ0v) is 10.2. The van der Waals surface area contributed by atoms with Gasteiger partial charge in [-0.25, -0.2) is 0 Å². The number of piperidine rings is 1. The molecule has 0 radical (unpaired) electrons. The van der Waals surface area contributed by atoms with Gasteiger partial charge in [-0.2, -0.15) is 0 Å². The molecular weight excluding hydrogens is 202 g/mol. The lowest BCUT2D eigenvalue weighted by Gasteiger charge is -2.25. The van der Waals surface area contributed by atoms with Crippen molar-refractivity contribution < 1.29 is 4.79 Å². The van der Waals surface area contributed by atoms with Gasteiger partial charge in [0.1, 0.15) is 0 Å². The minimum atomic E-state index is 0.0560. The molecule has 16 heavy (non-hydrogen) atoms. The number of rotatable bonds is 3. The number of hydrogen-bond acceptors (Lipinski definition) is 3. The Morgan fingerprint density at radius 1 is 1.38 bits per heavy atom. The van der Waals surface area contributed by atoms with Crippen molar-refractivity contribution in [2.45, 2.75) is 44.2 Å². The van der Waals surface area contributed by atoms with Crippen molar-refractivity contribution in [3.63, 3.8) is 0 Å². The normalized spacial score (nSPS) is 31.6. The molecule has 2 heterocycles. The highest BCUT2D eigenvalue weighted by Gasteiger charge is 2.24. The van der Waals surface area contributed by atoms with Gasteiger partial charge < -0.3 is 15.5 Å². The third-order valence-corrected chi connectivity index (χ3v) is 3.81. The molecule has 1 amide bonds. The molecule has 2 aliphatic heterocycles. The molecule has 2 saturated heterocycles. The van der Waals surface area contributed by atoms with E-state index in [1.54, 1.807) is 0 Å². The number of hydrogen-bond donors (Lipinski definition) is 2. The minimum absolute atomic E-state index is 0.0560. The average Bonchev–Trinajstić information content (AvgIpc) is 2.73. The second-order valence-electron chi connectivity index (χ2n) is 5.02. The fourth-order valence-electron chi connectivity index (χ4n) is 2.65. The molecule has 2 fully saturated rings. The summed E-state index contributed by atoms with van der Waals surface area (Å²) in [5, 5.41) is 6.36. The van der Waals surface area contributed by atoms with Gasteiger partial charge in [0.25, 0.3) is 0 Å². The summed E-state index contributed by atoms with van der Waals surface area (Å²) in [6, 6.07) is 0.605. The summed E-state index contributed by atoms with van der Waals surface area (Å²) in [4.78, 5) is 14.2. The lowest BCUT2D eigenvalue weighted by atomic mass is 10.0. The zero-order chi connectivity index (χ0) is 11.4. The number of nitrogens with one attached hydrogen (secondary N) is 2. The van der Waals surface area contributed by atoms with Crippen LogP contribution in [0.2, 0.25) is 0 Å². The molecular formula is C12H23N3O. The first kappa shape index (κ1) is 11.9.